The van der Waals surface area contributed by atoms with Crippen LogP contribution in [-0.4, -0.2) is 68.3 Å². The molecule has 2 fully saturated rings. The first-order valence-corrected chi connectivity index (χ1v) is 9.65. The zero-order chi connectivity index (χ0) is 19.1. The molecule has 0 saturated carbocycles. The van der Waals surface area contributed by atoms with Gasteiger partial charge in [0.05, 0.1) is 26.9 Å². The maximum Gasteiger partial charge on any atom is 0.223 e. The topological polar surface area (TPSA) is 68.0 Å². The SMILES string of the molecule is COc1cc2c(cc1OC)[C@@H]1CC(N)C(N3C[C@@H](CF)CC3=O)CN1CC2. The van der Waals surface area contributed by atoms with Crippen LogP contribution in [0, 0.1) is 5.92 Å². The fraction of sp³-hybridized carbons (Fsp3) is 0.650. The summed E-state index contributed by atoms with van der Waals surface area (Å²) in [7, 11) is 3.30. The Morgan fingerprint density at radius 3 is 2.63 bits per heavy atom. The largest absolute Gasteiger partial charge is 0.493 e. The summed E-state index contributed by atoms with van der Waals surface area (Å²) in [5.41, 5.74) is 9.04. The van der Waals surface area contributed by atoms with Gasteiger partial charge in [-0.1, -0.05) is 0 Å². The average Bonchev–Trinajstić information content (AvgIpc) is 3.06. The minimum Gasteiger partial charge on any atom is -0.493 e. The predicted molar refractivity (Wildman–Crippen MR) is 99.7 cm³/mol. The Morgan fingerprint density at radius 2 is 1.96 bits per heavy atom. The van der Waals surface area contributed by atoms with Gasteiger partial charge >= 0.3 is 0 Å². The molecule has 4 atom stereocenters. The second kappa shape index (κ2) is 7.28. The first-order valence-electron chi connectivity index (χ1n) is 9.65. The van der Waals surface area contributed by atoms with Gasteiger partial charge < -0.3 is 20.1 Å². The Bertz CT molecular complexity index is 729. The van der Waals surface area contributed by atoms with Crippen LogP contribution in [-0.2, 0) is 11.2 Å². The van der Waals surface area contributed by atoms with Crippen molar-refractivity contribution >= 4 is 5.91 Å². The molecular formula is C20H28FN3O3. The molecule has 4 rings (SSSR count). The van der Waals surface area contributed by atoms with Gasteiger partial charge in [0.2, 0.25) is 5.91 Å². The second-order valence-electron chi connectivity index (χ2n) is 7.90. The van der Waals surface area contributed by atoms with Crippen molar-refractivity contribution < 1.29 is 18.7 Å². The number of likely N-dealkylation sites (tertiary alicyclic amines) is 1. The van der Waals surface area contributed by atoms with E-state index in [1.807, 2.05) is 4.90 Å². The molecule has 27 heavy (non-hydrogen) atoms. The number of carbonyl (C=O) groups excluding carboxylic acids is 1. The molecule has 148 valence electrons. The Kier molecular flexibility index (Phi) is 4.99. The third kappa shape index (κ3) is 3.17. The molecule has 0 spiro atoms. The second-order valence-corrected chi connectivity index (χ2v) is 7.90. The molecule has 1 aromatic carbocycles. The van der Waals surface area contributed by atoms with E-state index in [-0.39, 0.29) is 30.0 Å². The third-order valence-corrected chi connectivity index (χ3v) is 6.38. The van der Waals surface area contributed by atoms with Gasteiger partial charge in [0, 0.05) is 44.1 Å². The summed E-state index contributed by atoms with van der Waals surface area (Å²) in [5, 5.41) is 0. The maximum atomic E-state index is 13.0. The Balaban J connectivity index is 1.57. The Morgan fingerprint density at radius 1 is 1.22 bits per heavy atom. The van der Waals surface area contributed by atoms with Gasteiger partial charge in [-0.25, -0.2) is 0 Å². The van der Waals surface area contributed by atoms with Gasteiger partial charge in [0.25, 0.3) is 0 Å². The summed E-state index contributed by atoms with van der Waals surface area (Å²) >= 11 is 0. The molecule has 6 nitrogen and oxygen atoms in total. The van der Waals surface area contributed by atoms with Gasteiger partial charge in [-0.2, -0.15) is 0 Å². The highest BCUT2D eigenvalue weighted by Crippen LogP contribution is 2.42. The van der Waals surface area contributed by atoms with Crippen molar-refractivity contribution in [2.45, 2.75) is 37.4 Å². The molecule has 2 unspecified atom stereocenters. The molecule has 0 bridgehead atoms. The molecule has 2 saturated heterocycles. The fourth-order valence-corrected chi connectivity index (χ4v) is 4.93. The van der Waals surface area contributed by atoms with Crippen LogP contribution in [0.15, 0.2) is 12.1 Å². The quantitative estimate of drug-likeness (QED) is 0.862. The average molecular weight is 377 g/mol. The monoisotopic (exact) mass is 377 g/mol. The van der Waals surface area contributed by atoms with E-state index < -0.39 is 6.67 Å². The number of nitrogens with two attached hydrogens (primary N) is 1. The maximum absolute atomic E-state index is 13.0. The van der Waals surface area contributed by atoms with Crippen LogP contribution in [0.1, 0.15) is 30.0 Å². The third-order valence-electron chi connectivity index (χ3n) is 6.38. The van der Waals surface area contributed by atoms with Crippen LogP contribution in [0.3, 0.4) is 0 Å². The number of hydrogen-bond acceptors (Lipinski definition) is 5. The molecule has 1 amide bonds. The molecule has 0 aliphatic carbocycles. The first kappa shape index (κ1) is 18.5. The lowest BCUT2D eigenvalue weighted by molar-refractivity contribution is -0.131. The molecule has 3 aliphatic heterocycles. The Labute approximate surface area is 159 Å². The summed E-state index contributed by atoms with van der Waals surface area (Å²) in [6, 6.07) is 4.20. The summed E-state index contributed by atoms with van der Waals surface area (Å²) in [4.78, 5) is 16.6. The van der Waals surface area contributed by atoms with Crippen LogP contribution in [0.5, 0.6) is 11.5 Å². The number of methoxy groups -OCH3 is 2. The van der Waals surface area contributed by atoms with Crippen molar-refractivity contribution in [1.29, 1.82) is 0 Å². The molecule has 0 radical (unpaired) electrons. The normalized spacial score (nSPS) is 30.8. The van der Waals surface area contributed by atoms with Crippen molar-refractivity contribution in [2.24, 2.45) is 11.7 Å². The lowest BCUT2D eigenvalue weighted by atomic mass is 9.83. The Hall–Kier alpha value is -1.86. The van der Waals surface area contributed by atoms with Crippen molar-refractivity contribution in [3.05, 3.63) is 23.3 Å². The number of amides is 1. The lowest BCUT2D eigenvalue weighted by Crippen LogP contribution is -2.60. The van der Waals surface area contributed by atoms with E-state index in [1.165, 1.54) is 11.1 Å². The highest BCUT2D eigenvalue weighted by molar-refractivity contribution is 5.79. The van der Waals surface area contributed by atoms with E-state index in [0.29, 0.717) is 13.0 Å². The van der Waals surface area contributed by atoms with Gasteiger partial charge in [-0.05, 0) is 36.1 Å². The highest BCUT2D eigenvalue weighted by Gasteiger charge is 2.44. The van der Waals surface area contributed by atoms with E-state index >= 15 is 0 Å². The summed E-state index contributed by atoms with van der Waals surface area (Å²) < 4.78 is 24.0. The minimum absolute atomic E-state index is 0.0352. The molecule has 1 aromatic rings. The number of nitrogens with zero attached hydrogens (tertiary/aromatic N) is 2. The molecule has 3 aliphatic rings. The lowest BCUT2D eigenvalue weighted by Gasteiger charge is -2.48. The number of fused-ring (bicyclic) bond motifs is 3. The molecular weight excluding hydrogens is 349 g/mol. The van der Waals surface area contributed by atoms with Crippen LogP contribution in [0.4, 0.5) is 4.39 Å². The number of rotatable bonds is 4. The zero-order valence-electron chi connectivity index (χ0n) is 16.0. The van der Waals surface area contributed by atoms with Crippen LogP contribution < -0.4 is 15.2 Å². The fourth-order valence-electron chi connectivity index (χ4n) is 4.93. The molecule has 0 aromatic heterocycles. The standard InChI is InChI=1S/C20H28FN3O3/c1-26-18-6-13-3-4-23-11-17(24-10-12(9-21)5-20(24)25)15(22)8-16(23)14(13)7-19(18)27-2/h6-7,12,15-17H,3-5,8-11,22H2,1-2H3/t12-,15?,16+,17?/m1/s1. The molecule has 7 heteroatoms. The molecule has 3 heterocycles. The molecule has 2 N–H and O–H groups in total. The number of benzene rings is 1. The number of hydrogen-bond donors (Lipinski definition) is 1. The summed E-state index contributed by atoms with van der Waals surface area (Å²) in [5.74, 6) is 1.35. The highest BCUT2D eigenvalue weighted by atomic mass is 19.1. The van der Waals surface area contributed by atoms with E-state index in [2.05, 4.69) is 17.0 Å². The van der Waals surface area contributed by atoms with Crippen LogP contribution in [0.2, 0.25) is 0 Å². The van der Waals surface area contributed by atoms with Gasteiger partial charge in [0.15, 0.2) is 11.5 Å². The van der Waals surface area contributed by atoms with E-state index in [4.69, 9.17) is 15.2 Å². The van der Waals surface area contributed by atoms with Crippen molar-refractivity contribution in [3.8, 4) is 11.5 Å². The summed E-state index contributed by atoms with van der Waals surface area (Å²) in [6.07, 6.45) is 2.01. The summed E-state index contributed by atoms with van der Waals surface area (Å²) in [6.45, 7) is 1.72. The number of halogens is 1. The van der Waals surface area contributed by atoms with Gasteiger partial charge in [0.1, 0.15) is 0 Å². The smallest absolute Gasteiger partial charge is 0.223 e. The van der Waals surface area contributed by atoms with E-state index in [9.17, 15) is 9.18 Å². The van der Waals surface area contributed by atoms with Crippen molar-refractivity contribution in [3.63, 3.8) is 0 Å². The number of alkyl halides is 1. The zero-order valence-corrected chi connectivity index (χ0v) is 16.0. The van der Waals surface area contributed by atoms with Crippen LogP contribution in [0.25, 0.3) is 0 Å². The van der Waals surface area contributed by atoms with E-state index in [0.717, 1.165) is 37.4 Å². The van der Waals surface area contributed by atoms with Gasteiger partial charge in [-0.3, -0.25) is 14.1 Å². The first-order chi connectivity index (χ1) is 13.0. The van der Waals surface area contributed by atoms with Gasteiger partial charge in [-0.15, -0.1) is 0 Å². The predicted octanol–water partition coefficient (Wildman–Crippen LogP) is 1.52. The number of carbonyl (C=O) groups is 1. The number of piperidine rings is 1. The van der Waals surface area contributed by atoms with E-state index in [1.54, 1.807) is 14.2 Å². The van der Waals surface area contributed by atoms with Crippen molar-refractivity contribution in [2.75, 3.05) is 40.5 Å². The van der Waals surface area contributed by atoms with Crippen molar-refractivity contribution in [1.82, 2.24) is 9.80 Å². The minimum atomic E-state index is -0.439. The number of ether oxygens (including phenoxy) is 2. The van der Waals surface area contributed by atoms with Crippen LogP contribution >= 0.6 is 0 Å².